The quantitative estimate of drug-likeness (QED) is 0.906. The number of benzene rings is 1. The summed E-state index contributed by atoms with van der Waals surface area (Å²) in [5.41, 5.74) is 1.11. The highest BCUT2D eigenvalue weighted by molar-refractivity contribution is 9.10. The molecule has 0 unspecified atom stereocenters. The van der Waals surface area contributed by atoms with Gasteiger partial charge >= 0.3 is 0 Å². The maximum Gasteiger partial charge on any atom is 0.240 e. The summed E-state index contributed by atoms with van der Waals surface area (Å²) in [6.45, 7) is 0.391. The molecule has 2 rings (SSSR count). The van der Waals surface area contributed by atoms with Gasteiger partial charge in [-0.1, -0.05) is 15.9 Å². The Morgan fingerprint density at radius 1 is 1.21 bits per heavy atom. The minimum Gasteiger partial charge on any atom is -0.357 e. The highest BCUT2D eigenvalue weighted by atomic mass is 79.9. The third kappa shape index (κ3) is 3.92. The highest BCUT2D eigenvalue weighted by Crippen LogP contribution is 2.14. The van der Waals surface area contributed by atoms with E-state index in [1.807, 2.05) is 30.1 Å². The molecule has 6 heteroatoms. The van der Waals surface area contributed by atoms with Crippen LogP contribution in [-0.2, 0) is 23.5 Å². The van der Waals surface area contributed by atoms with Gasteiger partial charge in [-0.3, -0.25) is 0 Å². The molecule has 0 atom stereocenters. The van der Waals surface area contributed by atoms with E-state index in [9.17, 15) is 8.42 Å². The van der Waals surface area contributed by atoms with Gasteiger partial charge in [-0.15, -0.1) is 0 Å². The molecule has 0 radical (unpaired) electrons. The Balaban J connectivity index is 1.96. The first kappa shape index (κ1) is 14.3. The number of nitrogens with zero attached hydrogens (tertiary/aromatic N) is 1. The van der Waals surface area contributed by atoms with Crippen molar-refractivity contribution in [1.29, 1.82) is 0 Å². The van der Waals surface area contributed by atoms with E-state index in [-0.39, 0.29) is 4.90 Å². The summed E-state index contributed by atoms with van der Waals surface area (Å²) in [5.74, 6) is 0. The number of hydrogen-bond donors (Lipinski definition) is 1. The van der Waals surface area contributed by atoms with Gasteiger partial charge in [-0.2, -0.15) is 0 Å². The average molecular weight is 343 g/mol. The van der Waals surface area contributed by atoms with Crippen LogP contribution >= 0.6 is 15.9 Å². The van der Waals surface area contributed by atoms with Crippen LogP contribution in [0.25, 0.3) is 0 Å². The van der Waals surface area contributed by atoms with Crippen molar-refractivity contribution < 1.29 is 8.42 Å². The lowest BCUT2D eigenvalue weighted by Crippen LogP contribution is -2.25. The molecule has 1 aromatic carbocycles. The van der Waals surface area contributed by atoms with Gasteiger partial charge < -0.3 is 4.57 Å². The predicted molar refractivity (Wildman–Crippen MR) is 78.4 cm³/mol. The average Bonchev–Trinajstić information content (AvgIpc) is 2.75. The van der Waals surface area contributed by atoms with Crippen molar-refractivity contribution in [3.8, 4) is 0 Å². The van der Waals surface area contributed by atoms with Crippen molar-refractivity contribution >= 4 is 26.0 Å². The first-order valence-corrected chi connectivity index (χ1v) is 8.11. The molecule has 1 N–H and O–H groups in total. The first-order chi connectivity index (χ1) is 8.97. The second-order valence-electron chi connectivity index (χ2n) is 4.29. The predicted octanol–water partition coefficient (Wildman–Crippen LogP) is 2.31. The summed E-state index contributed by atoms with van der Waals surface area (Å²) in [7, 11) is -1.48. The van der Waals surface area contributed by atoms with Gasteiger partial charge in [0.05, 0.1) is 4.90 Å². The second kappa shape index (κ2) is 5.90. The number of aryl methyl sites for hydroxylation is 1. The molecule has 1 heterocycles. The van der Waals surface area contributed by atoms with Gasteiger partial charge in [0, 0.05) is 30.5 Å². The zero-order valence-electron chi connectivity index (χ0n) is 10.5. The summed E-state index contributed by atoms with van der Waals surface area (Å²) in [5, 5.41) is 0. The van der Waals surface area contributed by atoms with Crippen molar-refractivity contribution in [2.24, 2.45) is 7.05 Å². The van der Waals surface area contributed by atoms with Gasteiger partial charge in [0.25, 0.3) is 0 Å². The largest absolute Gasteiger partial charge is 0.357 e. The van der Waals surface area contributed by atoms with Crippen LogP contribution < -0.4 is 4.72 Å². The van der Waals surface area contributed by atoms with Crippen molar-refractivity contribution in [1.82, 2.24) is 9.29 Å². The number of hydrogen-bond acceptors (Lipinski definition) is 2. The zero-order chi connectivity index (χ0) is 13.9. The molecule has 19 heavy (non-hydrogen) atoms. The van der Waals surface area contributed by atoms with Crippen LogP contribution in [0.1, 0.15) is 5.56 Å². The van der Waals surface area contributed by atoms with Crippen LogP contribution in [0.4, 0.5) is 0 Å². The Morgan fingerprint density at radius 2 is 1.89 bits per heavy atom. The van der Waals surface area contributed by atoms with Crippen LogP contribution in [-0.4, -0.2) is 19.5 Å². The van der Waals surface area contributed by atoms with Crippen LogP contribution in [0.15, 0.2) is 52.1 Å². The number of rotatable bonds is 5. The molecule has 0 spiro atoms. The lowest BCUT2D eigenvalue weighted by molar-refractivity contribution is 0.581. The van der Waals surface area contributed by atoms with Crippen molar-refractivity contribution in [3.05, 3.63) is 52.8 Å². The Kier molecular flexibility index (Phi) is 4.44. The fourth-order valence-electron chi connectivity index (χ4n) is 1.74. The molecule has 0 aliphatic heterocycles. The summed E-state index contributed by atoms with van der Waals surface area (Å²) in [6, 6.07) is 8.56. The van der Waals surface area contributed by atoms with Crippen molar-refractivity contribution in [2.75, 3.05) is 6.54 Å². The number of halogens is 1. The summed E-state index contributed by atoms with van der Waals surface area (Å²) < 4.78 is 29.4. The lowest BCUT2D eigenvalue weighted by Gasteiger charge is -2.06. The fourth-order valence-corrected chi connectivity index (χ4v) is 3.03. The Labute approximate surface area is 121 Å². The molecule has 0 saturated heterocycles. The molecular formula is C13H15BrN2O2S. The molecular weight excluding hydrogens is 328 g/mol. The van der Waals surface area contributed by atoms with Crippen LogP contribution in [0.2, 0.25) is 0 Å². The summed E-state index contributed by atoms with van der Waals surface area (Å²) in [4.78, 5) is 0.281. The van der Waals surface area contributed by atoms with E-state index in [0.29, 0.717) is 13.0 Å². The molecule has 0 saturated carbocycles. The van der Waals surface area contributed by atoms with E-state index >= 15 is 0 Å². The minimum atomic E-state index is -3.42. The van der Waals surface area contributed by atoms with E-state index in [1.54, 1.807) is 24.3 Å². The van der Waals surface area contributed by atoms with Crippen LogP contribution in [0.5, 0.6) is 0 Å². The molecule has 0 fully saturated rings. The Hall–Kier alpha value is -1.11. The molecule has 2 aromatic rings. The summed E-state index contributed by atoms with van der Waals surface area (Å²) in [6.07, 6.45) is 4.60. The molecule has 0 bridgehead atoms. The summed E-state index contributed by atoms with van der Waals surface area (Å²) >= 11 is 3.28. The second-order valence-corrected chi connectivity index (χ2v) is 6.97. The lowest BCUT2D eigenvalue weighted by atomic mass is 10.2. The van der Waals surface area contributed by atoms with Gasteiger partial charge in [0.2, 0.25) is 10.0 Å². The normalized spacial score (nSPS) is 11.7. The monoisotopic (exact) mass is 342 g/mol. The van der Waals surface area contributed by atoms with E-state index in [1.165, 1.54) is 0 Å². The van der Waals surface area contributed by atoms with Crippen molar-refractivity contribution in [2.45, 2.75) is 11.3 Å². The number of nitrogens with one attached hydrogen (secondary N) is 1. The number of aromatic nitrogens is 1. The maximum atomic E-state index is 12.0. The molecule has 0 amide bonds. The molecule has 0 aliphatic rings. The minimum absolute atomic E-state index is 0.281. The SMILES string of the molecule is Cn1ccc(CCNS(=O)(=O)c2ccc(Br)cc2)c1. The van der Waals surface area contributed by atoms with Crippen LogP contribution in [0, 0.1) is 0 Å². The fraction of sp³-hybridized carbons (Fsp3) is 0.231. The van der Waals surface area contributed by atoms with E-state index < -0.39 is 10.0 Å². The smallest absolute Gasteiger partial charge is 0.240 e. The van der Waals surface area contributed by atoms with Gasteiger partial charge in [0.15, 0.2) is 0 Å². The van der Waals surface area contributed by atoms with E-state index in [2.05, 4.69) is 20.7 Å². The van der Waals surface area contributed by atoms with Gasteiger partial charge in [0.1, 0.15) is 0 Å². The molecule has 4 nitrogen and oxygen atoms in total. The van der Waals surface area contributed by atoms with Crippen LogP contribution in [0.3, 0.4) is 0 Å². The first-order valence-electron chi connectivity index (χ1n) is 5.83. The Morgan fingerprint density at radius 3 is 2.47 bits per heavy atom. The molecule has 102 valence electrons. The topological polar surface area (TPSA) is 51.1 Å². The van der Waals surface area contributed by atoms with E-state index in [0.717, 1.165) is 10.0 Å². The van der Waals surface area contributed by atoms with Gasteiger partial charge in [-0.05, 0) is 42.3 Å². The molecule has 1 aromatic heterocycles. The third-order valence-electron chi connectivity index (χ3n) is 2.72. The maximum absolute atomic E-state index is 12.0. The van der Waals surface area contributed by atoms with Gasteiger partial charge in [-0.25, -0.2) is 13.1 Å². The molecule has 0 aliphatic carbocycles. The third-order valence-corrected chi connectivity index (χ3v) is 4.73. The number of sulfonamides is 1. The van der Waals surface area contributed by atoms with Crippen molar-refractivity contribution in [3.63, 3.8) is 0 Å². The Bertz CT molecular complexity index is 648. The van der Waals surface area contributed by atoms with E-state index in [4.69, 9.17) is 0 Å². The standard InChI is InChI=1S/C13H15BrN2O2S/c1-16-9-7-11(10-16)6-8-15-19(17,18)13-4-2-12(14)3-5-13/h2-5,7,9-10,15H,6,8H2,1H3. The zero-order valence-corrected chi connectivity index (χ0v) is 12.9. The highest BCUT2D eigenvalue weighted by Gasteiger charge is 2.12.